The second-order valence-electron chi connectivity index (χ2n) is 6.31. The van der Waals surface area contributed by atoms with Crippen molar-refractivity contribution in [2.24, 2.45) is 17.8 Å². The van der Waals surface area contributed by atoms with Gasteiger partial charge in [-0.3, -0.25) is 0 Å². The highest BCUT2D eigenvalue weighted by Gasteiger charge is 2.37. The Bertz CT molecular complexity index is 411. The van der Waals surface area contributed by atoms with Crippen LogP contribution in [-0.2, 0) is 6.54 Å². The average molecular weight is 248 g/mol. The van der Waals surface area contributed by atoms with Crippen molar-refractivity contribution in [1.29, 1.82) is 0 Å². The number of aromatic nitrogens is 2. The molecule has 0 radical (unpaired) electrons. The van der Waals surface area contributed by atoms with Gasteiger partial charge in [-0.15, -0.1) is 0 Å². The van der Waals surface area contributed by atoms with Crippen molar-refractivity contribution in [3.63, 3.8) is 0 Å². The maximum absolute atomic E-state index is 4.74. The van der Waals surface area contributed by atoms with E-state index < -0.39 is 0 Å². The summed E-state index contributed by atoms with van der Waals surface area (Å²) in [5.41, 5.74) is 1.14. The molecule has 1 N–H and O–H groups in total. The third-order valence-electron chi connectivity index (χ3n) is 4.11. The summed E-state index contributed by atoms with van der Waals surface area (Å²) in [6.07, 6.45) is 2.20. The van der Waals surface area contributed by atoms with Crippen LogP contribution in [-0.4, -0.2) is 35.7 Å². The Labute approximate surface area is 109 Å². The van der Waals surface area contributed by atoms with Gasteiger partial charge in [0.25, 0.3) is 0 Å². The predicted octanol–water partition coefficient (Wildman–Crippen LogP) is 1.50. The second kappa shape index (κ2) is 4.57. The van der Waals surface area contributed by atoms with Crippen LogP contribution >= 0.6 is 0 Å². The van der Waals surface area contributed by atoms with E-state index in [4.69, 9.17) is 4.98 Å². The average Bonchev–Trinajstić information content (AvgIpc) is 2.89. The molecule has 3 rings (SSSR count). The van der Waals surface area contributed by atoms with Gasteiger partial charge in [0, 0.05) is 38.9 Å². The lowest BCUT2D eigenvalue weighted by Gasteiger charge is -2.20. The molecule has 1 aromatic rings. The first-order valence-electron chi connectivity index (χ1n) is 7.13. The Morgan fingerprint density at radius 3 is 2.61 bits per heavy atom. The zero-order valence-corrected chi connectivity index (χ0v) is 11.7. The summed E-state index contributed by atoms with van der Waals surface area (Å²) in [7, 11) is 0. The zero-order valence-electron chi connectivity index (χ0n) is 11.7. The Balaban J connectivity index is 1.79. The summed E-state index contributed by atoms with van der Waals surface area (Å²) in [4.78, 5) is 7.23. The fraction of sp³-hybridized carbons (Fsp3) is 0.786. The predicted molar refractivity (Wildman–Crippen MR) is 73.9 cm³/mol. The molecule has 0 amide bonds. The van der Waals surface area contributed by atoms with E-state index in [2.05, 4.69) is 41.8 Å². The quantitative estimate of drug-likeness (QED) is 0.880. The molecule has 2 saturated heterocycles. The lowest BCUT2D eigenvalue weighted by molar-refractivity contribution is 0.519. The topological polar surface area (TPSA) is 33.1 Å². The van der Waals surface area contributed by atoms with E-state index in [0.29, 0.717) is 5.92 Å². The first kappa shape index (κ1) is 12.0. The first-order chi connectivity index (χ1) is 8.63. The van der Waals surface area contributed by atoms with Crippen LogP contribution in [0.2, 0.25) is 0 Å². The van der Waals surface area contributed by atoms with Crippen molar-refractivity contribution >= 4 is 5.95 Å². The Hall–Kier alpha value is -1.03. The molecule has 0 unspecified atom stereocenters. The van der Waals surface area contributed by atoms with Crippen LogP contribution < -0.4 is 10.2 Å². The molecule has 0 bridgehead atoms. The number of fused-ring (bicyclic) bond motifs is 1. The van der Waals surface area contributed by atoms with E-state index in [-0.39, 0.29) is 0 Å². The van der Waals surface area contributed by atoms with Gasteiger partial charge in [-0.2, -0.15) is 0 Å². The zero-order chi connectivity index (χ0) is 12.7. The van der Waals surface area contributed by atoms with Crippen molar-refractivity contribution in [3.8, 4) is 0 Å². The van der Waals surface area contributed by atoms with Crippen LogP contribution in [0.3, 0.4) is 0 Å². The molecule has 1 aromatic heterocycles. The molecule has 3 heterocycles. The van der Waals surface area contributed by atoms with E-state index in [9.17, 15) is 0 Å². The Kier molecular flexibility index (Phi) is 3.06. The largest absolute Gasteiger partial charge is 0.342 e. The van der Waals surface area contributed by atoms with Gasteiger partial charge in [0.05, 0.1) is 5.69 Å². The van der Waals surface area contributed by atoms with Crippen LogP contribution in [0.25, 0.3) is 0 Å². The van der Waals surface area contributed by atoms with E-state index in [0.717, 1.165) is 24.1 Å². The lowest BCUT2D eigenvalue weighted by atomic mass is 10.0. The smallest absolute Gasteiger partial charge is 0.205 e. The number of anilines is 1. The van der Waals surface area contributed by atoms with Gasteiger partial charge in [0.2, 0.25) is 5.95 Å². The van der Waals surface area contributed by atoms with E-state index in [1.165, 1.54) is 32.1 Å². The van der Waals surface area contributed by atoms with E-state index in [1.807, 2.05) is 0 Å². The minimum atomic E-state index is 0.668. The highest BCUT2D eigenvalue weighted by atomic mass is 15.3. The summed E-state index contributed by atoms with van der Waals surface area (Å²) in [5, 5.41) is 3.49. The third kappa shape index (κ3) is 2.14. The first-order valence-corrected chi connectivity index (χ1v) is 7.13. The fourth-order valence-electron chi connectivity index (χ4n) is 3.33. The minimum absolute atomic E-state index is 0.668. The fourth-order valence-corrected chi connectivity index (χ4v) is 3.33. The second-order valence-corrected chi connectivity index (χ2v) is 6.31. The monoisotopic (exact) mass is 248 g/mol. The maximum atomic E-state index is 4.74. The van der Waals surface area contributed by atoms with Crippen molar-refractivity contribution in [2.45, 2.75) is 27.3 Å². The van der Waals surface area contributed by atoms with E-state index in [1.54, 1.807) is 0 Å². The molecule has 18 heavy (non-hydrogen) atoms. The Morgan fingerprint density at radius 2 is 2.00 bits per heavy atom. The number of nitrogens with zero attached hydrogens (tertiary/aromatic N) is 3. The number of aryl methyl sites for hydroxylation is 1. The van der Waals surface area contributed by atoms with Gasteiger partial charge in [-0.05, 0) is 24.7 Å². The standard InChI is InChI=1S/C14H24N4/c1-10(2)6-17-7-11(3)16-14(17)18-8-12-4-15-5-13(12)9-18/h7,10,12-13,15H,4-6,8-9H2,1-3H3/t12-,13+. The molecular weight excluding hydrogens is 224 g/mol. The molecule has 4 nitrogen and oxygen atoms in total. The van der Waals surface area contributed by atoms with Crippen LogP contribution in [0.1, 0.15) is 19.5 Å². The van der Waals surface area contributed by atoms with Gasteiger partial charge >= 0.3 is 0 Å². The molecule has 2 aliphatic heterocycles. The summed E-state index contributed by atoms with van der Waals surface area (Å²) < 4.78 is 2.34. The summed E-state index contributed by atoms with van der Waals surface area (Å²) in [6, 6.07) is 0. The molecule has 100 valence electrons. The van der Waals surface area contributed by atoms with Gasteiger partial charge in [0.15, 0.2) is 0 Å². The number of hydrogen-bond acceptors (Lipinski definition) is 3. The van der Waals surface area contributed by atoms with Crippen LogP contribution in [0.4, 0.5) is 5.95 Å². The molecule has 0 aliphatic carbocycles. The number of rotatable bonds is 3. The van der Waals surface area contributed by atoms with Gasteiger partial charge in [-0.25, -0.2) is 4.98 Å². The Morgan fingerprint density at radius 1 is 1.33 bits per heavy atom. The normalized spacial score (nSPS) is 27.2. The summed E-state index contributed by atoms with van der Waals surface area (Å²) in [6.45, 7) is 12.4. The van der Waals surface area contributed by atoms with Gasteiger partial charge in [-0.1, -0.05) is 13.8 Å². The molecule has 4 heteroatoms. The number of imidazole rings is 1. The van der Waals surface area contributed by atoms with Gasteiger partial charge < -0.3 is 14.8 Å². The molecule has 2 atom stereocenters. The molecule has 0 spiro atoms. The van der Waals surface area contributed by atoms with Crippen molar-refractivity contribution < 1.29 is 0 Å². The molecule has 0 saturated carbocycles. The van der Waals surface area contributed by atoms with Crippen LogP contribution in [0, 0.1) is 24.7 Å². The SMILES string of the molecule is Cc1cn(CC(C)C)c(N2C[C@H]3CNC[C@H]3C2)n1. The van der Waals surface area contributed by atoms with E-state index >= 15 is 0 Å². The molecule has 0 aromatic carbocycles. The molecule has 2 aliphatic rings. The van der Waals surface area contributed by atoms with Crippen molar-refractivity contribution in [2.75, 3.05) is 31.1 Å². The highest BCUT2D eigenvalue weighted by Crippen LogP contribution is 2.30. The van der Waals surface area contributed by atoms with Crippen LogP contribution in [0.15, 0.2) is 6.20 Å². The lowest BCUT2D eigenvalue weighted by Crippen LogP contribution is -2.28. The molecular formula is C14H24N4. The number of nitrogens with one attached hydrogen (secondary N) is 1. The van der Waals surface area contributed by atoms with Gasteiger partial charge in [0.1, 0.15) is 0 Å². The van der Waals surface area contributed by atoms with Crippen molar-refractivity contribution in [3.05, 3.63) is 11.9 Å². The highest BCUT2D eigenvalue weighted by molar-refractivity contribution is 5.36. The summed E-state index contributed by atoms with van der Waals surface area (Å²) in [5.74, 6) is 3.51. The maximum Gasteiger partial charge on any atom is 0.205 e. The minimum Gasteiger partial charge on any atom is -0.342 e. The molecule has 2 fully saturated rings. The van der Waals surface area contributed by atoms with Crippen molar-refractivity contribution in [1.82, 2.24) is 14.9 Å². The number of hydrogen-bond donors (Lipinski definition) is 1. The summed E-state index contributed by atoms with van der Waals surface area (Å²) >= 11 is 0. The third-order valence-corrected chi connectivity index (χ3v) is 4.11. The van der Waals surface area contributed by atoms with Crippen LogP contribution in [0.5, 0.6) is 0 Å².